The fraction of sp³-hybridized carbons (Fsp3) is 0.700. The zero-order valence-electron chi connectivity index (χ0n) is 8.13. The van der Waals surface area contributed by atoms with Gasteiger partial charge in [-0.25, -0.2) is 0 Å². The quantitative estimate of drug-likeness (QED) is 0.590. The van der Waals surface area contributed by atoms with Gasteiger partial charge >= 0.3 is 0 Å². The average molecular weight is 167 g/mol. The van der Waals surface area contributed by atoms with Crippen LogP contribution in [-0.2, 0) is 4.74 Å². The van der Waals surface area contributed by atoms with Crippen LogP contribution in [0.1, 0.15) is 33.6 Å². The molecule has 0 spiro atoms. The van der Waals surface area contributed by atoms with E-state index in [1.54, 1.807) is 0 Å². The van der Waals surface area contributed by atoms with E-state index in [1.807, 2.05) is 13.8 Å². The lowest BCUT2D eigenvalue weighted by molar-refractivity contribution is 0.0301. The molecule has 0 radical (unpaired) electrons. The highest BCUT2D eigenvalue weighted by molar-refractivity contribution is 4.99. The lowest BCUT2D eigenvalue weighted by Gasteiger charge is -2.18. The van der Waals surface area contributed by atoms with E-state index in [2.05, 4.69) is 19.6 Å². The van der Waals surface area contributed by atoms with Gasteiger partial charge in [-0.05, 0) is 25.8 Å². The van der Waals surface area contributed by atoms with Crippen molar-refractivity contribution in [3.05, 3.63) is 12.2 Å². The molecule has 2 unspecified atom stereocenters. The van der Waals surface area contributed by atoms with E-state index < -0.39 is 0 Å². The number of hydrogen-bond donors (Lipinski definition) is 0. The molecule has 2 atom stereocenters. The second kappa shape index (κ2) is 5.79. The van der Waals surface area contributed by atoms with Gasteiger partial charge in [0.15, 0.2) is 0 Å². The van der Waals surface area contributed by atoms with Crippen LogP contribution in [0, 0.1) is 11.3 Å². The summed E-state index contributed by atoms with van der Waals surface area (Å²) in [5.41, 5.74) is 1.08. The summed E-state index contributed by atoms with van der Waals surface area (Å²) < 4.78 is 5.52. The van der Waals surface area contributed by atoms with Crippen LogP contribution in [0.25, 0.3) is 0 Å². The summed E-state index contributed by atoms with van der Waals surface area (Å²) in [6.07, 6.45) is 1.45. The minimum absolute atomic E-state index is 0.00769. The standard InChI is InChI=1S/C10H17NO/c1-5-8(2)10(4)12-9(3)6-7-11/h9-10H,2,5-6H2,1,3-4H3. The summed E-state index contributed by atoms with van der Waals surface area (Å²) in [6, 6.07) is 2.08. The van der Waals surface area contributed by atoms with Crippen molar-refractivity contribution < 1.29 is 4.74 Å². The van der Waals surface area contributed by atoms with Crippen LogP contribution in [0.4, 0.5) is 0 Å². The van der Waals surface area contributed by atoms with Gasteiger partial charge in [0.25, 0.3) is 0 Å². The Morgan fingerprint density at radius 2 is 2.17 bits per heavy atom. The molecule has 0 aromatic rings. The Labute approximate surface area is 74.8 Å². The Bertz CT molecular complexity index is 181. The molecule has 0 aliphatic heterocycles. The summed E-state index contributed by atoms with van der Waals surface area (Å²) in [7, 11) is 0. The second-order valence-electron chi connectivity index (χ2n) is 2.96. The molecule has 0 amide bonds. The molecule has 0 bridgehead atoms. The van der Waals surface area contributed by atoms with Crippen LogP contribution >= 0.6 is 0 Å². The molecule has 68 valence electrons. The van der Waals surface area contributed by atoms with E-state index in [0.29, 0.717) is 6.42 Å². The third-order valence-electron chi connectivity index (χ3n) is 1.84. The van der Waals surface area contributed by atoms with Crippen LogP contribution in [0.15, 0.2) is 12.2 Å². The van der Waals surface area contributed by atoms with Crippen molar-refractivity contribution in [2.45, 2.75) is 45.8 Å². The van der Waals surface area contributed by atoms with Gasteiger partial charge in [0.2, 0.25) is 0 Å². The number of nitriles is 1. The van der Waals surface area contributed by atoms with Crippen LogP contribution in [0.3, 0.4) is 0 Å². The predicted octanol–water partition coefficient (Wildman–Crippen LogP) is 2.66. The molecule has 0 N–H and O–H groups in total. The highest BCUT2D eigenvalue weighted by Crippen LogP contribution is 2.11. The van der Waals surface area contributed by atoms with Crippen LogP contribution in [-0.4, -0.2) is 12.2 Å². The first-order valence-corrected chi connectivity index (χ1v) is 4.31. The van der Waals surface area contributed by atoms with Crippen LogP contribution in [0.5, 0.6) is 0 Å². The molecule has 0 saturated carbocycles. The summed E-state index contributed by atoms with van der Waals surface area (Å²) in [4.78, 5) is 0. The van der Waals surface area contributed by atoms with Gasteiger partial charge < -0.3 is 4.74 Å². The number of nitrogens with zero attached hydrogens (tertiary/aromatic N) is 1. The van der Waals surface area contributed by atoms with Crippen molar-refractivity contribution in [3.63, 3.8) is 0 Å². The van der Waals surface area contributed by atoms with Gasteiger partial charge in [-0.15, -0.1) is 0 Å². The minimum atomic E-state index is 0.00769. The topological polar surface area (TPSA) is 33.0 Å². The van der Waals surface area contributed by atoms with E-state index in [9.17, 15) is 0 Å². The molecular weight excluding hydrogens is 150 g/mol. The van der Waals surface area contributed by atoms with Crippen LogP contribution in [0.2, 0.25) is 0 Å². The van der Waals surface area contributed by atoms with Gasteiger partial charge in [-0.3, -0.25) is 0 Å². The Hall–Kier alpha value is -0.810. The minimum Gasteiger partial charge on any atom is -0.370 e. The molecule has 0 fully saturated rings. The van der Waals surface area contributed by atoms with Gasteiger partial charge in [0, 0.05) is 0 Å². The number of ether oxygens (including phenoxy) is 1. The molecule has 0 saturated heterocycles. The maximum Gasteiger partial charge on any atom is 0.0758 e. The number of rotatable bonds is 5. The van der Waals surface area contributed by atoms with E-state index >= 15 is 0 Å². The maximum atomic E-state index is 8.39. The largest absolute Gasteiger partial charge is 0.370 e. The summed E-state index contributed by atoms with van der Waals surface area (Å²) in [5, 5.41) is 8.39. The molecule has 0 heterocycles. The van der Waals surface area contributed by atoms with E-state index in [4.69, 9.17) is 10.00 Å². The fourth-order valence-corrected chi connectivity index (χ4v) is 0.909. The average Bonchev–Trinajstić information content (AvgIpc) is 2.03. The normalized spacial score (nSPS) is 14.8. The Morgan fingerprint density at radius 1 is 1.58 bits per heavy atom. The van der Waals surface area contributed by atoms with Crippen LogP contribution < -0.4 is 0 Å². The van der Waals surface area contributed by atoms with Crippen molar-refractivity contribution >= 4 is 0 Å². The zero-order chi connectivity index (χ0) is 9.56. The summed E-state index contributed by atoms with van der Waals surface area (Å²) in [5.74, 6) is 0. The first kappa shape index (κ1) is 11.2. The molecule has 12 heavy (non-hydrogen) atoms. The molecule has 2 heteroatoms. The van der Waals surface area contributed by atoms with Gasteiger partial charge in [-0.1, -0.05) is 13.5 Å². The third-order valence-corrected chi connectivity index (χ3v) is 1.84. The van der Waals surface area contributed by atoms with Crippen molar-refractivity contribution in [3.8, 4) is 6.07 Å². The molecule has 2 nitrogen and oxygen atoms in total. The predicted molar refractivity (Wildman–Crippen MR) is 49.7 cm³/mol. The smallest absolute Gasteiger partial charge is 0.0758 e. The lowest BCUT2D eigenvalue weighted by Crippen LogP contribution is -2.17. The lowest BCUT2D eigenvalue weighted by atomic mass is 10.1. The second-order valence-corrected chi connectivity index (χ2v) is 2.96. The molecular formula is C10H17NO. The number of hydrogen-bond acceptors (Lipinski definition) is 2. The van der Waals surface area contributed by atoms with Crippen molar-refractivity contribution in [2.75, 3.05) is 0 Å². The zero-order valence-corrected chi connectivity index (χ0v) is 8.13. The molecule has 0 rings (SSSR count). The SMILES string of the molecule is C=C(CC)C(C)OC(C)CC#N. The Balaban J connectivity index is 3.76. The first-order chi connectivity index (χ1) is 5.61. The Kier molecular flexibility index (Phi) is 5.40. The van der Waals surface area contributed by atoms with E-state index in [0.717, 1.165) is 12.0 Å². The first-order valence-electron chi connectivity index (χ1n) is 4.31. The van der Waals surface area contributed by atoms with Gasteiger partial charge in [0.1, 0.15) is 0 Å². The molecule has 0 aromatic heterocycles. The maximum absolute atomic E-state index is 8.39. The highest BCUT2D eigenvalue weighted by Gasteiger charge is 2.09. The van der Waals surface area contributed by atoms with E-state index in [-0.39, 0.29) is 12.2 Å². The van der Waals surface area contributed by atoms with Crippen molar-refractivity contribution in [1.82, 2.24) is 0 Å². The molecule has 0 aliphatic rings. The van der Waals surface area contributed by atoms with Crippen molar-refractivity contribution in [1.29, 1.82) is 5.26 Å². The summed E-state index contributed by atoms with van der Waals surface area (Å²) >= 11 is 0. The Morgan fingerprint density at radius 3 is 2.58 bits per heavy atom. The molecule has 0 aromatic carbocycles. The fourth-order valence-electron chi connectivity index (χ4n) is 0.909. The summed E-state index contributed by atoms with van der Waals surface area (Å²) in [6.45, 7) is 9.81. The third kappa shape index (κ3) is 4.15. The monoisotopic (exact) mass is 167 g/mol. The molecule has 0 aliphatic carbocycles. The highest BCUT2D eigenvalue weighted by atomic mass is 16.5. The van der Waals surface area contributed by atoms with Gasteiger partial charge in [-0.2, -0.15) is 5.26 Å². The van der Waals surface area contributed by atoms with Gasteiger partial charge in [0.05, 0.1) is 24.7 Å². The van der Waals surface area contributed by atoms with Crippen molar-refractivity contribution in [2.24, 2.45) is 0 Å². The van der Waals surface area contributed by atoms with E-state index in [1.165, 1.54) is 0 Å².